The van der Waals surface area contributed by atoms with Gasteiger partial charge in [0.15, 0.2) is 11.6 Å². The second-order valence-electron chi connectivity index (χ2n) is 5.07. The molecule has 0 radical (unpaired) electrons. The number of aryl methyl sites for hydroxylation is 1. The van der Waals surface area contributed by atoms with Gasteiger partial charge in [-0.3, -0.25) is 4.79 Å². The second-order valence-corrected chi connectivity index (χ2v) is 6.71. The average molecular weight is 394 g/mol. The van der Waals surface area contributed by atoms with Crippen LogP contribution < -0.4 is 5.32 Å². The highest BCUT2D eigenvalue weighted by atomic mass is 35.5. The summed E-state index contributed by atoms with van der Waals surface area (Å²) in [5.41, 5.74) is 1.36. The summed E-state index contributed by atoms with van der Waals surface area (Å²) in [5.74, 6) is 0.629. The van der Waals surface area contributed by atoms with E-state index < -0.39 is 0 Å². The third kappa shape index (κ3) is 3.81. The Morgan fingerprint density at radius 2 is 2.04 bits per heavy atom. The molecule has 2 aromatic heterocycles. The van der Waals surface area contributed by atoms with Crippen molar-refractivity contribution >= 4 is 46.6 Å². The van der Waals surface area contributed by atoms with E-state index in [9.17, 15) is 4.79 Å². The van der Waals surface area contributed by atoms with Crippen molar-refractivity contribution in [1.29, 1.82) is 0 Å². The zero-order valence-corrected chi connectivity index (χ0v) is 15.7. The number of nitrogens with zero attached hydrogens (tertiary/aromatic N) is 2. The molecule has 25 heavy (non-hydrogen) atoms. The highest BCUT2D eigenvalue weighted by molar-refractivity contribution is 7.98. The lowest BCUT2D eigenvalue weighted by molar-refractivity contribution is 0.102. The Balaban J connectivity index is 1.98. The Morgan fingerprint density at radius 1 is 1.24 bits per heavy atom. The summed E-state index contributed by atoms with van der Waals surface area (Å²) in [5, 5.41) is 4.19. The van der Waals surface area contributed by atoms with Crippen molar-refractivity contribution in [3.8, 4) is 11.6 Å². The minimum Gasteiger partial charge on any atom is -0.461 e. The number of halogens is 2. The molecule has 0 unspecified atom stereocenters. The lowest BCUT2D eigenvalue weighted by atomic mass is 10.2. The smallest absolute Gasteiger partial charge is 0.260 e. The van der Waals surface area contributed by atoms with E-state index in [-0.39, 0.29) is 5.91 Å². The maximum absolute atomic E-state index is 12.7. The summed E-state index contributed by atoms with van der Waals surface area (Å²) in [6.07, 6.45) is 3.39. The summed E-state index contributed by atoms with van der Waals surface area (Å²) < 4.78 is 5.33. The first-order valence-electron chi connectivity index (χ1n) is 7.22. The largest absolute Gasteiger partial charge is 0.461 e. The van der Waals surface area contributed by atoms with Gasteiger partial charge in [-0.25, -0.2) is 9.97 Å². The molecular weight excluding hydrogens is 381 g/mol. The van der Waals surface area contributed by atoms with Crippen LogP contribution in [0, 0.1) is 6.92 Å². The number of rotatable bonds is 4. The quantitative estimate of drug-likeness (QED) is 0.479. The van der Waals surface area contributed by atoms with E-state index in [2.05, 4.69) is 15.3 Å². The molecule has 128 valence electrons. The molecule has 1 N–H and O–H groups in total. The zero-order valence-electron chi connectivity index (χ0n) is 13.3. The fraction of sp³-hybridized carbons (Fsp3) is 0.118. The lowest BCUT2D eigenvalue weighted by Crippen LogP contribution is -2.17. The van der Waals surface area contributed by atoms with Gasteiger partial charge in [0, 0.05) is 5.02 Å². The van der Waals surface area contributed by atoms with Crippen LogP contribution in [0.2, 0.25) is 10.0 Å². The predicted octanol–water partition coefficient (Wildman–Crippen LogP) is 5.33. The fourth-order valence-electron chi connectivity index (χ4n) is 2.25. The van der Waals surface area contributed by atoms with Crippen LogP contribution in [0.3, 0.4) is 0 Å². The van der Waals surface area contributed by atoms with E-state index in [0.29, 0.717) is 43.6 Å². The lowest BCUT2D eigenvalue weighted by Gasteiger charge is -2.12. The van der Waals surface area contributed by atoms with Crippen molar-refractivity contribution in [2.75, 3.05) is 11.6 Å². The molecule has 0 saturated carbocycles. The Hall–Kier alpha value is -2.02. The molecule has 1 amide bonds. The van der Waals surface area contributed by atoms with Gasteiger partial charge in [-0.1, -0.05) is 23.2 Å². The van der Waals surface area contributed by atoms with Crippen molar-refractivity contribution < 1.29 is 9.21 Å². The first-order valence-corrected chi connectivity index (χ1v) is 9.20. The highest BCUT2D eigenvalue weighted by Gasteiger charge is 2.20. The van der Waals surface area contributed by atoms with Gasteiger partial charge < -0.3 is 9.73 Å². The van der Waals surface area contributed by atoms with Crippen LogP contribution in [0.4, 0.5) is 5.69 Å². The van der Waals surface area contributed by atoms with Crippen molar-refractivity contribution in [1.82, 2.24) is 9.97 Å². The number of anilines is 1. The number of amides is 1. The molecule has 8 heteroatoms. The monoisotopic (exact) mass is 393 g/mol. The number of carbonyl (C=O) groups excluding carboxylic acids is 1. The van der Waals surface area contributed by atoms with E-state index in [1.165, 1.54) is 11.8 Å². The van der Waals surface area contributed by atoms with Crippen LogP contribution in [0.15, 0.2) is 46.0 Å². The summed E-state index contributed by atoms with van der Waals surface area (Å²) >= 11 is 13.4. The van der Waals surface area contributed by atoms with Crippen LogP contribution in [0.25, 0.3) is 11.6 Å². The van der Waals surface area contributed by atoms with Crippen molar-refractivity contribution in [3.05, 3.63) is 57.9 Å². The molecular formula is C17H13Cl2N3O2S. The van der Waals surface area contributed by atoms with Gasteiger partial charge >= 0.3 is 0 Å². The summed E-state index contributed by atoms with van der Waals surface area (Å²) in [4.78, 5) is 21.6. The molecule has 2 heterocycles. The molecule has 0 saturated heterocycles. The van der Waals surface area contributed by atoms with E-state index >= 15 is 0 Å². The van der Waals surface area contributed by atoms with Gasteiger partial charge in [0.2, 0.25) is 0 Å². The molecule has 0 fully saturated rings. The van der Waals surface area contributed by atoms with E-state index in [4.69, 9.17) is 27.6 Å². The van der Waals surface area contributed by atoms with Crippen LogP contribution in [0.5, 0.6) is 0 Å². The van der Waals surface area contributed by atoms with Crippen molar-refractivity contribution in [2.45, 2.75) is 11.9 Å². The van der Waals surface area contributed by atoms with Crippen molar-refractivity contribution in [3.63, 3.8) is 0 Å². The van der Waals surface area contributed by atoms with Crippen LogP contribution in [-0.2, 0) is 0 Å². The molecule has 0 atom stereocenters. The average Bonchev–Trinajstić information content (AvgIpc) is 3.11. The Kier molecular flexibility index (Phi) is 5.32. The number of aromatic nitrogens is 2. The highest BCUT2D eigenvalue weighted by Crippen LogP contribution is 2.29. The van der Waals surface area contributed by atoms with Gasteiger partial charge in [0.05, 0.1) is 28.2 Å². The molecule has 0 aliphatic carbocycles. The van der Waals surface area contributed by atoms with Crippen molar-refractivity contribution in [2.24, 2.45) is 0 Å². The molecule has 1 aromatic carbocycles. The third-order valence-electron chi connectivity index (χ3n) is 3.40. The summed E-state index contributed by atoms with van der Waals surface area (Å²) in [6, 6.07) is 8.39. The Labute approximate surface area is 158 Å². The first kappa shape index (κ1) is 17.8. The number of carbonyl (C=O) groups is 1. The summed E-state index contributed by atoms with van der Waals surface area (Å²) in [7, 11) is 0. The predicted molar refractivity (Wildman–Crippen MR) is 101 cm³/mol. The first-order chi connectivity index (χ1) is 12.0. The van der Waals surface area contributed by atoms with Gasteiger partial charge in [-0.05, 0) is 43.5 Å². The molecule has 0 spiro atoms. The molecule has 0 bridgehead atoms. The number of furan rings is 1. The topological polar surface area (TPSA) is 68.0 Å². The SMILES string of the molecule is CSc1nc(-c2ccco2)nc(C)c1C(=O)Nc1cc(Cl)ccc1Cl. The number of hydrogen-bond donors (Lipinski definition) is 1. The van der Waals surface area contributed by atoms with E-state index in [0.717, 1.165) is 0 Å². The number of hydrogen-bond acceptors (Lipinski definition) is 5. The van der Waals surface area contributed by atoms with Gasteiger partial charge in [-0.15, -0.1) is 11.8 Å². The van der Waals surface area contributed by atoms with Gasteiger partial charge in [0.25, 0.3) is 5.91 Å². The maximum atomic E-state index is 12.7. The van der Waals surface area contributed by atoms with Gasteiger partial charge in [-0.2, -0.15) is 0 Å². The summed E-state index contributed by atoms with van der Waals surface area (Å²) in [6.45, 7) is 1.75. The molecule has 5 nitrogen and oxygen atoms in total. The van der Waals surface area contributed by atoms with Crippen LogP contribution in [0.1, 0.15) is 16.1 Å². The zero-order chi connectivity index (χ0) is 18.0. The molecule has 0 aliphatic rings. The fourth-order valence-corrected chi connectivity index (χ4v) is 3.21. The Bertz CT molecular complexity index is 930. The normalized spacial score (nSPS) is 10.7. The van der Waals surface area contributed by atoms with Crippen LogP contribution >= 0.6 is 35.0 Å². The molecule has 3 aromatic rings. The number of benzene rings is 1. The minimum absolute atomic E-state index is 0.350. The number of nitrogens with one attached hydrogen (secondary N) is 1. The minimum atomic E-state index is -0.350. The Morgan fingerprint density at radius 3 is 2.72 bits per heavy atom. The van der Waals surface area contributed by atoms with E-state index in [1.807, 2.05) is 6.26 Å². The third-order valence-corrected chi connectivity index (χ3v) is 4.64. The standard InChI is InChI=1S/C17H13Cl2N3O2S/c1-9-14(16(23)21-12-8-10(18)5-6-11(12)19)17(25-2)22-15(20-9)13-4-3-7-24-13/h3-8H,1-2H3,(H,21,23). The number of thioether (sulfide) groups is 1. The van der Waals surface area contributed by atoms with E-state index in [1.54, 1.807) is 43.5 Å². The van der Waals surface area contributed by atoms with Gasteiger partial charge in [0.1, 0.15) is 5.03 Å². The molecule has 3 rings (SSSR count). The second kappa shape index (κ2) is 7.47. The maximum Gasteiger partial charge on any atom is 0.260 e. The molecule has 0 aliphatic heterocycles. The van der Waals surface area contributed by atoms with Crippen LogP contribution in [-0.4, -0.2) is 22.1 Å².